The fourth-order valence-corrected chi connectivity index (χ4v) is 2.12. The lowest BCUT2D eigenvalue weighted by Gasteiger charge is -2.07. The second-order valence-electron chi connectivity index (χ2n) is 4.51. The van der Waals surface area contributed by atoms with Crippen LogP contribution in [0.4, 0.5) is 8.78 Å². The van der Waals surface area contributed by atoms with Gasteiger partial charge in [-0.25, -0.2) is 18.3 Å². The van der Waals surface area contributed by atoms with Crippen molar-refractivity contribution >= 4 is 17.0 Å². The van der Waals surface area contributed by atoms with Crippen LogP contribution in [0.1, 0.15) is 15.9 Å². The lowest BCUT2D eigenvalue weighted by molar-refractivity contribution is 0.0699. The van der Waals surface area contributed by atoms with E-state index in [4.69, 9.17) is 5.11 Å². The summed E-state index contributed by atoms with van der Waals surface area (Å²) in [7, 11) is 0. The van der Waals surface area contributed by atoms with Crippen molar-refractivity contribution in [3.8, 4) is 5.69 Å². The van der Waals surface area contributed by atoms with Gasteiger partial charge in [0, 0.05) is 0 Å². The van der Waals surface area contributed by atoms with Crippen molar-refractivity contribution in [2.75, 3.05) is 0 Å². The minimum Gasteiger partial charge on any atom is -0.478 e. The van der Waals surface area contributed by atoms with Gasteiger partial charge in [0.1, 0.15) is 11.2 Å². The van der Waals surface area contributed by atoms with Gasteiger partial charge in [0.15, 0.2) is 11.6 Å². The van der Waals surface area contributed by atoms with Crippen LogP contribution in [-0.2, 0) is 0 Å². The molecule has 0 saturated carbocycles. The first kappa shape index (κ1) is 13.2. The molecule has 3 aromatic rings. The maximum absolute atomic E-state index is 14.2. The Labute approximate surface area is 117 Å². The number of aromatic nitrogens is 3. The number of carboxylic acid groups (broad SMARTS) is 1. The highest BCUT2D eigenvalue weighted by molar-refractivity contribution is 6.00. The zero-order valence-electron chi connectivity index (χ0n) is 10.8. The number of nitrogens with zero attached hydrogens (tertiary/aromatic N) is 3. The number of rotatable bonds is 2. The SMILES string of the molecule is Cc1ccc(F)c(-n2nnc3c(C(=O)O)cccc32)c1F. The molecule has 1 heterocycles. The van der Waals surface area contributed by atoms with Crippen molar-refractivity contribution in [3.63, 3.8) is 0 Å². The summed E-state index contributed by atoms with van der Waals surface area (Å²) >= 11 is 0. The number of aryl methyl sites for hydroxylation is 1. The Balaban J connectivity index is 2.36. The molecule has 0 radical (unpaired) electrons. The second-order valence-corrected chi connectivity index (χ2v) is 4.51. The first-order chi connectivity index (χ1) is 10.0. The molecule has 2 aromatic carbocycles. The number of carboxylic acids is 1. The summed E-state index contributed by atoms with van der Waals surface area (Å²) in [6.45, 7) is 1.50. The van der Waals surface area contributed by atoms with E-state index in [1.807, 2.05) is 0 Å². The minimum atomic E-state index is -1.18. The van der Waals surface area contributed by atoms with E-state index >= 15 is 0 Å². The predicted octanol–water partition coefficient (Wildman–Crippen LogP) is 2.71. The zero-order valence-corrected chi connectivity index (χ0v) is 10.8. The molecule has 106 valence electrons. The largest absolute Gasteiger partial charge is 0.478 e. The summed E-state index contributed by atoms with van der Waals surface area (Å²) in [4.78, 5) is 11.1. The molecule has 0 unspecified atom stereocenters. The maximum atomic E-state index is 14.2. The van der Waals surface area contributed by atoms with Crippen molar-refractivity contribution in [1.29, 1.82) is 0 Å². The monoisotopic (exact) mass is 289 g/mol. The van der Waals surface area contributed by atoms with E-state index in [9.17, 15) is 13.6 Å². The van der Waals surface area contributed by atoms with Crippen LogP contribution >= 0.6 is 0 Å². The number of hydrogen-bond donors (Lipinski definition) is 1. The van der Waals surface area contributed by atoms with Crippen LogP contribution in [0.5, 0.6) is 0 Å². The van der Waals surface area contributed by atoms with E-state index in [1.165, 1.54) is 31.2 Å². The molecule has 0 bridgehead atoms. The van der Waals surface area contributed by atoms with Crippen molar-refractivity contribution in [3.05, 3.63) is 53.1 Å². The summed E-state index contributed by atoms with van der Waals surface area (Å²) in [5.74, 6) is -2.74. The highest BCUT2D eigenvalue weighted by Gasteiger charge is 2.20. The van der Waals surface area contributed by atoms with Gasteiger partial charge in [-0.2, -0.15) is 0 Å². The molecule has 0 fully saturated rings. The number of hydrogen-bond acceptors (Lipinski definition) is 3. The van der Waals surface area contributed by atoms with Gasteiger partial charge in [0.05, 0.1) is 11.1 Å². The molecule has 0 saturated heterocycles. The van der Waals surface area contributed by atoms with Gasteiger partial charge in [-0.15, -0.1) is 5.10 Å². The van der Waals surface area contributed by atoms with Crippen LogP contribution in [-0.4, -0.2) is 26.1 Å². The molecular formula is C14H9F2N3O2. The third-order valence-corrected chi connectivity index (χ3v) is 3.18. The molecule has 0 aliphatic carbocycles. The Bertz CT molecular complexity index is 874. The number of carbonyl (C=O) groups is 1. The summed E-state index contributed by atoms with van der Waals surface area (Å²) < 4.78 is 29.1. The molecule has 1 N–H and O–H groups in total. The molecule has 0 spiro atoms. The molecule has 0 aliphatic rings. The van der Waals surface area contributed by atoms with E-state index in [2.05, 4.69) is 10.3 Å². The molecular weight excluding hydrogens is 280 g/mol. The van der Waals surface area contributed by atoms with Crippen LogP contribution in [0, 0.1) is 18.6 Å². The van der Waals surface area contributed by atoms with Crippen LogP contribution in [0.2, 0.25) is 0 Å². The first-order valence-electron chi connectivity index (χ1n) is 6.03. The normalized spacial score (nSPS) is 11.0. The van der Waals surface area contributed by atoms with Crippen LogP contribution in [0.15, 0.2) is 30.3 Å². The Morgan fingerprint density at radius 1 is 1.24 bits per heavy atom. The Morgan fingerprint density at radius 2 is 2.00 bits per heavy atom. The number of fused-ring (bicyclic) bond motifs is 1. The van der Waals surface area contributed by atoms with Crippen LogP contribution in [0.25, 0.3) is 16.7 Å². The standard InChI is InChI=1S/C14H9F2N3O2/c1-7-5-6-9(15)13(11(7)16)19-10-4-2-3-8(14(20)21)12(10)17-18-19/h2-6H,1H3,(H,20,21). The summed E-state index contributed by atoms with van der Waals surface area (Å²) in [6, 6.07) is 6.77. The lowest BCUT2D eigenvalue weighted by atomic mass is 10.1. The molecule has 7 heteroatoms. The Kier molecular flexibility index (Phi) is 2.90. The Hall–Kier alpha value is -2.83. The minimum absolute atomic E-state index is 0.0744. The zero-order chi connectivity index (χ0) is 15.1. The van der Waals surface area contributed by atoms with E-state index in [-0.39, 0.29) is 27.8 Å². The van der Waals surface area contributed by atoms with Gasteiger partial charge in [0.25, 0.3) is 0 Å². The van der Waals surface area contributed by atoms with Crippen LogP contribution < -0.4 is 0 Å². The molecule has 1 aromatic heterocycles. The number of halogens is 2. The van der Waals surface area contributed by atoms with Gasteiger partial charge in [0.2, 0.25) is 0 Å². The van der Waals surface area contributed by atoms with E-state index in [0.29, 0.717) is 0 Å². The van der Waals surface area contributed by atoms with Crippen molar-refractivity contribution in [1.82, 2.24) is 15.0 Å². The topological polar surface area (TPSA) is 68.0 Å². The van der Waals surface area contributed by atoms with Gasteiger partial charge in [-0.1, -0.05) is 17.3 Å². The third kappa shape index (κ3) is 1.94. The molecule has 0 atom stereocenters. The van der Waals surface area contributed by atoms with E-state index in [0.717, 1.165) is 10.7 Å². The summed E-state index contributed by atoms with van der Waals surface area (Å²) in [5, 5.41) is 16.5. The average molecular weight is 289 g/mol. The van der Waals surface area contributed by atoms with Crippen molar-refractivity contribution in [2.24, 2.45) is 0 Å². The quantitative estimate of drug-likeness (QED) is 0.787. The van der Waals surface area contributed by atoms with Gasteiger partial charge >= 0.3 is 5.97 Å². The highest BCUT2D eigenvalue weighted by Crippen LogP contribution is 2.25. The lowest BCUT2D eigenvalue weighted by Crippen LogP contribution is -2.05. The molecule has 0 amide bonds. The molecule has 21 heavy (non-hydrogen) atoms. The molecule has 3 rings (SSSR count). The van der Waals surface area contributed by atoms with E-state index in [1.54, 1.807) is 0 Å². The highest BCUT2D eigenvalue weighted by atomic mass is 19.1. The fraction of sp³-hybridized carbons (Fsp3) is 0.0714. The Morgan fingerprint density at radius 3 is 2.71 bits per heavy atom. The summed E-state index contributed by atoms with van der Waals surface area (Å²) in [5.41, 5.74) is 0.0975. The summed E-state index contributed by atoms with van der Waals surface area (Å²) in [6.07, 6.45) is 0. The average Bonchev–Trinajstić information content (AvgIpc) is 2.87. The fourth-order valence-electron chi connectivity index (χ4n) is 2.12. The number of aromatic carboxylic acids is 1. The first-order valence-corrected chi connectivity index (χ1v) is 6.03. The number of benzene rings is 2. The van der Waals surface area contributed by atoms with Gasteiger partial charge in [-0.05, 0) is 30.7 Å². The van der Waals surface area contributed by atoms with Gasteiger partial charge in [-0.3, -0.25) is 0 Å². The van der Waals surface area contributed by atoms with Gasteiger partial charge < -0.3 is 5.11 Å². The van der Waals surface area contributed by atoms with Crippen molar-refractivity contribution in [2.45, 2.75) is 6.92 Å². The van der Waals surface area contributed by atoms with Crippen LogP contribution in [0.3, 0.4) is 0 Å². The maximum Gasteiger partial charge on any atom is 0.338 e. The third-order valence-electron chi connectivity index (χ3n) is 3.18. The molecule has 0 aliphatic heterocycles. The predicted molar refractivity (Wildman–Crippen MR) is 70.5 cm³/mol. The van der Waals surface area contributed by atoms with E-state index < -0.39 is 17.6 Å². The van der Waals surface area contributed by atoms with Crippen molar-refractivity contribution < 1.29 is 18.7 Å². The smallest absolute Gasteiger partial charge is 0.338 e. The molecule has 5 nitrogen and oxygen atoms in total. The second kappa shape index (κ2) is 4.62.